The lowest BCUT2D eigenvalue weighted by molar-refractivity contribution is 0.0672. The molecule has 4 rings (SSSR count). The minimum Gasteiger partial charge on any atom is -0.476 e. The van der Waals surface area contributed by atoms with Gasteiger partial charge in [-0.25, -0.2) is 14.2 Å². The Hall–Kier alpha value is -2.70. The van der Waals surface area contributed by atoms with Crippen LogP contribution in [0, 0.1) is 5.82 Å². The van der Waals surface area contributed by atoms with Crippen LogP contribution in [-0.2, 0) is 0 Å². The lowest BCUT2D eigenvalue weighted by atomic mass is 10.1. The highest BCUT2D eigenvalue weighted by Gasteiger charge is 2.40. The first-order chi connectivity index (χ1) is 10.6. The molecule has 0 unspecified atom stereocenters. The summed E-state index contributed by atoms with van der Waals surface area (Å²) in [5, 5.41) is 9.36. The van der Waals surface area contributed by atoms with Crippen LogP contribution in [0.4, 0.5) is 4.39 Å². The number of amides is 1. The van der Waals surface area contributed by atoms with Crippen molar-refractivity contribution in [1.82, 2.24) is 14.5 Å². The second-order valence-electron chi connectivity index (χ2n) is 5.44. The summed E-state index contributed by atoms with van der Waals surface area (Å²) in [6.07, 6.45) is 2.75. The van der Waals surface area contributed by atoms with Crippen molar-refractivity contribution in [2.45, 2.75) is 18.9 Å². The number of hydrogen-bond donors (Lipinski definition) is 1. The normalized spacial score (nSPS) is 19.4. The Morgan fingerprint density at radius 2 is 2.23 bits per heavy atom. The molecule has 0 saturated carbocycles. The van der Waals surface area contributed by atoms with E-state index in [1.54, 1.807) is 11.0 Å². The average molecular weight is 301 g/mol. The summed E-state index contributed by atoms with van der Waals surface area (Å²) in [7, 11) is 0. The van der Waals surface area contributed by atoms with Crippen molar-refractivity contribution in [1.29, 1.82) is 0 Å². The molecule has 2 aromatic rings. The van der Waals surface area contributed by atoms with Gasteiger partial charge >= 0.3 is 5.97 Å². The highest BCUT2D eigenvalue weighted by molar-refractivity contribution is 6.00. The number of halogens is 1. The van der Waals surface area contributed by atoms with Crippen LogP contribution >= 0.6 is 0 Å². The molecular formula is C15H12FN3O3. The molecule has 0 bridgehead atoms. The van der Waals surface area contributed by atoms with Gasteiger partial charge in [0.15, 0.2) is 5.69 Å². The van der Waals surface area contributed by atoms with Crippen LogP contribution in [0.2, 0.25) is 0 Å². The smallest absolute Gasteiger partial charge is 0.356 e. The summed E-state index contributed by atoms with van der Waals surface area (Å²) in [5.74, 6) is -2.14. The zero-order valence-corrected chi connectivity index (χ0v) is 11.5. The van der Waals surface area contributed by atoms with Gasteiger partial charge in [-0.2, -0.15) is 0 Å². The second kappa shape index (κ2) is 4.40. The van der Waals surface area contributed by atoms with E-state index in [4.69, 9.17) is 0 Å². The predicted octanol–water partition coefficient (Wildman–Crippen LogP) is 2.00. The average Bonchev–Trinajstić information content (AvgIpc) is 3.10. The monoisotopic (exact) mass is 301 g/mol. The number of benzene rings is 1. The van der Waals surface area contributed by atoms with Crippen molar-refractivity contribution in [3.63, 3.8) is 0 Å². The fraction of sp³-hybridized carbons (Fsp3) is 0.267. The lowest BCUT2D eigenvalue weighted by Crippen LogP contribution is -2.30. The van der Waals surface area contributed by atoms with Gasteiger partial charge in [0.2, 0.25) is 0 Å². The summed E-state index contributed by atoms with van der Waals surface area (Å²) < 4.78 is 15.8. The van der Waals surface area contributed by atoms with Crippen molar-refractivity contribution < 1.29 is 19.1 Å². The van der Waals surface area contributed by atoms with Crippen molar-refractivity contribution in [2.75, 3.05) is 6.54 Å². The zero-order valence-electron chi connectivity index (χ0n) is 11.5. The van der Waals surface area contributed by atoms with Crippen LogP contribution in [0.1, 0.15) is 45.4 Å². The predicted molar refractivity (Wildman–Crippen MR) is 73.5 cm³/mol. The third-order valence-corrected chi connectivity index (χ3v) is 4.30. The molecular weight excluding hydrogens is 289 g/mol. The Morgan fingerprint density at radius 1 is 1.41 bits per heavy atom. The quantitative estimate of drug-likeness (QED) is 0.874. The Labute approximate surface area is 124 Å². The van der Waals surface area contributed by atoms with E-state index in [-0.39, 0.29) is 17.3 Å². The SMILES string of the molecule is O=C(O)c1ncn2c1[C@@H]1CCCN1C(=O)c1c(F)cccc1-2. The van der Waals surface area contributed by atoms with Crippen LogP contribution in [0.3, 0.4) is 0 Å². The maximum absolute atomic E-state index is 14.2. The number of carbonyl (C=O) groups is 2. The maximum Gasteiger partial charge on any atom is 0.356 e. The Bertz CT molecular complexity index is 814. The topological polar surface area (TPSA) is 75.4 Å². The summed E-state index contributed by atoms with van der Waals surface area (Å²) in [5.41, 5.74) is 0.682. The first-order valence-corrected chi connectivity index (χ1v) is 7.00. The van der Waals surface area contributed by atoms with Gasteiger partial charge in [0.05, 0.1) is 23.0 Å². The molecule has 0 spiro atoms. The molecule has 1 atom stereocenters. The van der Waals surface area contributed by atoms with Crippen LogP contribution in [-0.4, -0.2) is 38.0 Å². The standard InChI is InChI=1S/C15H12FN3O3/c16-8-3-1-4-9-11(8)14(20)18-6-2-5-10(18)13-12(15(21)22)17-7-19(9)13/h1,3-4,7,10H,2,5-6H2,(H,21,22)/t10-/m0/s1. The second-order valence-corrected chi connectivity index (χ2v) is 5.44. The molecule has 0 radical (unpaired) electrons. The molecule has 22 heavy (non-hydrogen) atoms. The highest BCUT2D eigenvalue weighted by Crippen LogP contribution is 2.40. The van der Waals surface area contributed by atoms with Gasteiger partial charge in [-0.15, -0.1) is 0 Å². The van der Waals surface area contributed by atoms with Crippen LogP contribution < -0.4 is 0 Å². The number of carbonyl (C=O) groups excluding carboxylic acids is 1. The Balaban J connectivity index is 2.08. The van der Waals surface area contributed by atoms with E-state index >= 15 is 0 Å². The molecule has 3 heterocycles. The van der Waals surface area contributed by atoms with E-state index < -0.39 is 17.7 Å². The van der Waals surface area contributed by atoms with Gasteiger partial charge in [0.1, 0.15) is 12.1 Å². The van der Waals surface area contributed by atoms with Gasteiger partial charge in [0.25, 0.3) is 5.91 Å². The molecule has 2 aliphatic heterocycles. The third kappa shape index (κ3) is 1.56. The fourth-order valence-electron chi connectivity index (χ4n) is 3.40. The summed E-state index contributed by atoms with van der Waals surface area (Å²) in [4.78, 5) is 29.6. The number of nitrogens with zero attached hydrogens (tertiary/aromatic N) is 3. The van der Waals surface area contributed by atoms with Gasteiger partial charge in [-0.1, -0.05) is 6.07 Å². The molecule has 1 N–H and O–H groups in total. The van der Waals surface area contributed by atoms with Crippen molar-refractivity contribution in [3.05, 3.63) is 47.3 Å². The number of imidazole rings is 1. The van der Waals surface area contributed by atoms with Gasteiger partial charge in [0, 0.05) is 6.54 Å². The summed E-state index contributed by atoms with van der Waals surface area (Å²) >= 11 is 0. The molecule has 1 saturated heterocycles. The van der Waals surface area contributed by atoms with E-state index in [1.165, 1.54) is 23.0 Å². The van der Waals surface area contributed by atoms with Crippen LogP contribution in [0.25, 0.3) is 5.69 Å². The molecule has 7 heteroatoms. The van der Waals surface area contributed by atoms with Gasteiger partial charge < -0.3 is 10.0 Å². The molecule has 6 nitrogen and oxygen atoms in total. The maximum atomic E-state index is 14.2. The third-order valence-electron chi connectivity index (χ3n) is 4.30. The Kier molecular flexibility index (Phi) is 2.60. The fourth-order valence-corrected chi connectivity index (χ4v) is 3.40. The first-order valence-electron chi connectivity index (χ1n) is 7.00. The van der Waals surface area contributed by atoms with Crippen molar-refractivity contribution in [2.24, 2.45) is 0 Å². The number of fused-ring (bicyclic) bond motifs is 5. The largest absolute Gasteiger partial charge is 0.476 e. The van der Waals surface area contributed by atoms with E-state index in [1.807, 2.05) is 0 Å². The number of rotatable bonds is 1. The molecule has 1 aromatic heterocycles. The van der Waals surface area contributed by atoms with Gasteiger partial charge in [-0.05, 0) is 25.0 Å². The molecule has 112 valence electrons. The molecule has 2 aliphatic rings. The zero-order chi connectivity index (χ0) is 15.4. The first kappa shape index (κ1) is 13.0. The van der Waals surface area contributed by atoms with E-state index in [0.717, 1.165) is 6.42 Å². The summed E-state index contributed by atoms with van der Waals surface area (Å²) in [6.45, 7) is 0.488. The van der Waals surface area contributed by atoms with E-state index in [0.29, 0.717) is 24.3 Å². The van der Waals surface area contributed by atoms with Crippen LogP contribution in [0.15, 0.2) is 24.5 Å². The van der Waals surface area contributed by atoms with E-state index in [2.05, 4.69) is 4.98 Å². The minimum absolute atomic E-state index is 0.0255. The lowest BCUT2D eigenvalue weighted by Gasteiger charge is -2.22. The van der Waals surface area contributed by atoms with Crippen molar-refractivity contribution >= 4 is 11.9 Å². The number of aromatic carboxylic acids is 1. The number of carboxylic acid groups (broad SMARTS) is 1. The number of aromatic nitrogens is 2. The summed E-state index contributed by atoms with van der Waals surface area (Å²) in [6, 6.07) is 3.96. The molecule has 0 aliphatic carbocycles. The Morgan fingerprint density at radius 3 is 3.00 bits per heavy atom. The number of carboxylic acids is 1. The van der Waals surface area contributed by atoms with Crippen LogP contribution in [0.5, 0.6) is 0 Å². The molecule has 1 amide bonds. The van der Waals surface area contributed by atoms with Crippen molar-refractivity contribution in [3.8, 4) is 5.69 Å². The van der Waals surface area contributed by atoms with Gasteiger partial charge in [-0.3, -0.25) is 9.36 Å². The number of hydrogen-bond acceptors (Lipinski definition) is 3. The highest BCUT2D eigenvalue weighted by atomic mass is 19.1. The molecule has 1 aromatic carbocycles. The molecule has 1 fully saturated rings. The van der Waals surface area contributed by atoms with E-state index in [9.17, 15) is 19.1 Å². The minimum atomic E-state index is -1.15.